The van der Waals surface area contributed by atoms with Gasteiger partial charge in [-0.3, -0.25) is 14.5 Å². The van der Waals surface area contributed by atoms with Crippen LogP contribution in [0.3, 0.4) is 0 Å². The van der Waals surface area contributed by atoms with Gasteiger partial charge in [0.15, 0.2) is 0 Å². The third-order valence-corrected chi connectivity index (χ3v) is 6.26. The third kappa shape index (κ3) is 8.26. The molecule has 2 aromatic carbocycles. The Bertz CT molecular complexity index is 812. The second kappa shape index (κ2) is 14.5. The number of benzene rings is 2. The molecule has 0 spiro atoms. The molecule has 0 radical (unpaired) electrons. The minimum absolute atomic E-state index is 0.0613. The molecule has 34 heavy (non-hydrogen) atoms. The van der Waals surface area contributed by atoms with Gasteiger partial charge < -0.3 is 15.0 Å². The molecule has 2 aromatic rings. The molecule has 6 nitrogen and oxygen atoms in total. The van der Waals surface area contributed by atoms with E-state index in [9.17, 15) is 9.59 Å². The molecule has 2 amide bonds. The van der Waals surface area contributed by atoms with Crippen LogP contribution in [-0.2, 0) is 14.3 Å². The minimum Gasteiger partial charge on any atom is -0.381 e. The zero-order valence-electron chi connectivity index (χ0n) is 20.5. The van der Waals surface area contributed by atoms with Crippen LogP contribution < -0.4 is 5.32 Å². The van der Waals surface area contributed by atoms with Gasteiger partial charge in [0.25, 0.3) is 0 Å². The van der Waals surface area contributed by atoms with Crippen molar-refractivity contribution in [3.05, 3.63) is 71.8 Å². The molecule has 0 unspecified atom stereocenters. The van der Waals surface area contributed by atoms with E-state index < -0.39 is 0 Å². The average molecular weight is 466 g/mol. The number of nitrogens with zero attached hydrogens (tertiary/aromatic N) is 2. The van der Waals surface area contributed by atoms with E-state index in [0.29, 0.717) is 26.2 Å². The van der Waals surface area contributed by atoms with Gasteiger partial charge in [-0.25, -0.2) is 0 Å². The fourth-order valence-corrected chi connectivity index (χ4v) is 4.33. The van der Waals surface area contributed by atoms with Crippen LogP contribution in [-0.4, -0.2) is 67.6 Å². The first kappa shape index (κ1) is 25.9. The quantitative estimate of drug-likeness (QED) is 0.454. The fraction of sp³-hybridized carbons (Fsp3) is 0.500. The van der Waals surface area contributed by atoms with Gasteiger partial charge in [-0.05, 0) is 24.0 Å². The minimum atomic E-state index is -0.0613. The highest BCUT2D eigenvalue weighted by Gasteiger charge is 2.28. The van der Waals surface area contributed by atoms with Crippen molar-refractivity contribution >= 4 is 11.8 Å². The predicted octanol–water partition coefficient (Wildman–Crippen LogP) is 4.02. The lowest BCUT2D eigenvalue weighted by Gasteiger charge is -2.39. The Morgan fingerprint density at radius 3 is 2.03 bits per heavy atom. The lowest BCUT2D eigenvalue weighted by molar-refractivity contribution is -0.135. The van der Waals surface area contributed by atoms with Gasteiger partial charge in [-0.1, -0.05) is 74.0 Å². The van der Waals surface area contributed by atoms with E-state index >= 15 is 0 Å². The smallest absolute Gasteiger partial charge is 0.223 e. The van der Waals surface area contributed by atoms with Gasteiger partial charge in [-0.2, -0.15) is 0 Å². The molecule has 184 valence electrons. The molecule has 3 rings (SSSR count). The maximum Gasteiger partial charge on any atom is 0.223 e. The van der Waals surface area contributed by atoms with Crippen molar-refractivity contribution in [2.75, 3.05) is 45.9 Å². The Labute approximate surface area is 204 Å². The topological polar surface area (TPSA) is 61.9 Å². The molecule has 1 heterocycles. The van der Waals surface area contributed by atoms with Crippen LogP contribution in [0.2, 0.25) is 0 Å². The van der Waals surface area contributed by atoms with Gasteiger partial charge in [-0.15, -0.1) is 0 Å². The molecule has 0 aliphatic carbocycles. The summed E-state index contributed by atoms with van der Waals surface area (Å²) in [7, 11) is 0. The second-order valence-electron chi connectivity index (χ2n) is 8.81. The summed E-state index contributed by atoms with van der Waals surface area (Å²) in [6, 6.07) is 21.3. The maximum atomic E-state index is 12.7. The van der Waals surface area contributed by atoms with Crippen LogP contribution in [0.5, 0.6) is 0 Å². The molecular weight excluding hydrogens is 426 g/mol. The second-order valence-corrected chi connectivity index (χ2v) is 8.81. The summed E-state index contributed by atoms with van der Waals surface area (Å²) in [5.74, 6) is 0.00225. The SMILES string of the molecule is CCCCOCCCNC(=O)CCC(=O)N1CCN(C(c2ccccc2)c2ccccc2)CC1. The van der Waals surface area contributed by atoms with Gasteiger partial charge in [0, 0.05) is 58.8 Å². The average Bonchev–Trinajstić information content (AvgIpc) is 2.88. The number of rotatable bonds is 13. The number of unbranched alkanes of at least 4 members (excludes halogenated alkanes) is 1. The summed E-state index contributed by atoms with van der Waals surface area (Å²) in [6.45, 7) is 7.17. The number of hydrogen-bond donors (Lipinski definition) is 1. The molecule has 0 bridgehead atoms. The van der Waals surface area contributed by atoms with E-state index in [4.69, 9.17) is 4.74 Å². The number of piperazine rings is 1. The molecule has 1 aliphatic rings. The van der Waals surface area contributed by atoms with Gasteiger partial charge >= 0.3 is 0 Å². The Morgan fingerprint density at radius 1 is 0.853 bits per heavy atom. The molecule has 1 fully saturated rings. The highest BCUT2D eigenvalue weighted by Crippen LogP contribution is 2.29. The van der Waals surface area contributed by atoms with Crippen LogP contribution in [0.1, 0.15) is 56.2 Å². The third-order valence-electron chi connectivity index (χ3n) is 6.26. The summed E-state index contributed by atoms with van der Waals surface area (Å²) in [4.78, 5) is 29.1. The van der Waals surface area contributed by atoms with Crippen molar-refractivity contribution in [1.29, 1.82) is 0 Å². The molecule has 1 saturated heterocycles. The normalized spacial score (nSPS) is 14.4. The van der Waals surface area contributed by atoms with E-state index in [-0.39, 0.29) is 30.7 Å². The highest BCUT2D eigenvalue weighted by atomic mass is 16.5. The van der Waals surface area contributed by atoms with Crippen LogP contribution in [0.4, 0.5) is 0 Å². The monoisotopic (exact) mass is 465 g/mol. The van der Waals surface area contributed by atoms with Crippen molar-refractivity contribution in [3.8, 4) is 0 Å². The zero-order valence-corrected chi connectivity index (χ0v) is 20.5. The number of amides is 2. The first-order valence-electron chi connectivity index (χ1n) is 12.6. The number of ether oxygens (including phenoxy) is 1. The fourth-order valence-electron chi connectivity index (χ4n) is 4.33. The lowest BCUT2D eigenvalue weighted by atomic mass is 9.96. The van der Waals surface area contributed by atoms with E-state index in [2.05, 4.69) is 65.7 Å². The molecule has 1 N–H and O–H groups in total. The van der Waals surface area contributed by atoms with Crippen LogP contribution in [0.15, 0.2) is 60.7 Å². The van der Waals surface area contributed by atoms with Crippen molar-refractivity contribution in [1.82, 2.24) is 15.1 Å². The summed E-state index contributed by atoms with van der Waals surface area (Å²) in [5, 5.41) is 2.89. The zero-order chi connectivity index (χ0) is 24.0. The first-order chi connectivity index (χ1) is 16.7. The molecular formula is C28H39N3O3. The van der Waals surface area contributed by atoms with Crippen LogP contribution >= 0.6 is 0 Å². The Balaban J connectivity index is 1.41. The standard InChI is InChI=1S/C28H39N3O3/c1-2-3-22-34-23-10-17-29-26(32)15-16-27(33)30-18-20-31(21-19-30)28(24-11-6-4-7-12-24)25-13-8-5-9-14-25/h4-9,11-14,28H,2-3,10,15-23H2,1H3,(H,29,32). The number of nitrogens with one attached hydrogen (secondary N) is 1. The largest absolute Gasteiger partial charge is 0.381 e. The lowest BCUT2D eigenvalue weighted by Crippen LogP contribution is -2.50. The van der Waals surface area contributed by atoms with E-state index in [0.717, 1.165) is 39.0 Å². The molecule has 6 heteroatoms. The molecule has 0 atom stereocenters. The van der Waals surface area contributed by atoms with Crippen LogP contribution in [0, 0.1) is 0 Å². The molecule has 0 saturated carbocycles. The summed E-state index contributed by atoms with van der Waals surface area (Å²) in [5.41, 5.74) is 2.53. The number of hydrogen-bond acceptors (Lipinski definition) is 4. The Morgan fingerprint density at radius 2 is 1.44 bits per heavy atom. The van der Waals surface area contributed by atoms with E-state index in [1.165, 1.54) is 11.1 Å². The molecule has 0 aromatic heterocycles. The van der Waals surface area contributed by atoms with Crippen molar-refractivity contribution in [3.63, 3.8) is 0 Å². The Kier molecular flexibility index (Phi) is 11.1. The number of carbonyl (C=O) groups excluding carboxylic acids is 2. The summed E-state index contributed by atoms with van der Waals surface area (Å²) in [6.07, 6.45) is 3.50. The van der Waals surface area contributed by atoms with E-state index in [1.807, 2.05) is 17.0 Å². The van der Waals surface area contributed by atoms with Gasteiger partial charge in [0.2, 0.25) is 11.8 Å². The van der Waals surface area contributed by atoms with Crippen LogP contribution in [0.25, 0.3) is 0 Å². The highest BCUT2D eigenvalue weighted by molar-refractivity contribution is 5.83. The molecule has 1 aliphatic heterocycles. The number of carbonyl (C=O) groups is 2. The summed E-state index contributed by atoms with van der Waals surface area (Å²) < 4.78 is 5.50. The predicted molar refractivity (Wildman–Crippen MR) is 135 cm³/mol. The van der Waals surface area contributed by atoms with Gasteiger partial charge in [0.1, 0.15) is 0 Å². The maximum absolute atomic E-state index is 12.7. The van der Waals surface area contributed by atoms with Crippen molar-refractivity contribution in [2.45, 2.75) is 45.1 Å². The summed E-state index contributed by atoms with van der Waals surface area (Å²) >= 11 is 0. The van der Waals surface area contributed by atoms with E-state index in [1.54, 1.807) is 0 Å². The Hall–Kier alpha value is -2.70. The first-order valence-corrected chi connectivity index (χ1v) is 12.6. The van der Waals surface area contributed by atoms with Crippen molar-refractivity contribution < 1.29 is 14.3 Å². The van der Waals surface area contributed by atoms with Crippen molar-refractivity contribution in [2.24, 2.45) is 0 Å². The van der Waals surface area contributed by atoms with Gasteiger partial charge in [0.05, 0.1) is 6.04 Å².